The predicted octanol–water partition coefficient (Wildman–Crippen LogP) is 2.95. The van der Waals surface area contributed by atoms with E-state index in [1.165, 1.54) is 13.8 Å². The van der Waals surface area contributed by atoms with Crippen LogP contribution in [0.1, 0.15) is 20.8 Å². The van der Waals surface area contributed by atoms with Crippen LogP contribution in [0.2, 0.25) is 0 Å². The number of halogens is 1. The summed E-state index contributed by atoms with van der Waals surface area (Å²) < 4.78 is 16.4. The van der Waals surface area contributed by atoms with E-state index >= 15 is 0 Å². The summed E-state index contributed by atoms with van der Waals surface area (Å²) >= 11 is 3.33. The number of benzene rings is 1. The molecule has 0 bridgehead atoms. The molecule has 1 heterocycles. The Morgan fingerprint density at radius 2 is 1.73 bits per heavy atom. The highest BCUT2D eigenvalue weighted by Crippen LogP contribution is 2.26. The van der Waals surface area contributed by atoms with Crippen LogP contribution in [0.15, 0.2) is 40.2 Å². The van der Waals surface area contributed by atoms with Crippen LogP contribution in [0.4, 0.5) is 5.69 Å². The maximum Gasteiger partial charge on any atom is 0.354 e. The van der Waals surface area contributed by atoms with Gasteiger partial charge >= 0.3 is 11.9 Å². The summed E-state index contributed by atoms with van der Waals surface area (Å²) in [5, 5.41) is 2.90. The molecule has 6 nitrogen and oxygen atoms in total. The molecule has 1 aromatic rings. The van der Waals surface area contributed by atoms with Crippen molar-refractivity contribution in [2.75, 3.05) is 11.9 Å². The third-order valence-corrected chi connectivity index (χ3v) is 3.23. The molecule has 118 valence electrons. The lowest BCUT2D eigenvalue weighted by atomic mass is 10.2. The van der Waals surface area contributed by atoms with Gasteiger partial charge in [-0.1, -0.05) is 15.9 Å². The number of rotatable bonds is 4. The quantitative estimate of drug-likeness (QED) is 0.380. The van der Waals surface area contributed by atoms with Gasteiger partial charge in [-0.25, -0.2) is 9.59 Å². The molecule has 7 heteroatoms. The van der Waals surface area contributed by atoms with Crippen molar-refractivity contribution in [3.63, 3.8) is 0 Å². The number of ether oxygens (including phenoxy) is 3. The molecule has 0 saturated carbocycles. The van der Waals surface area contributed by atoms with E-state index in [4.69, 9.17) is 14.2 Å². The molecule has 2 rings (SSSR count). The molecule has 0 amide bonds. The van der Waals surface area contributed by atoms with E-state index < -0.39 is 17.7 Å². The summed E-state index contributed by atoms with van der Waals surface area (Å²) in [4.78, 5) is 24.1. The van der Waals surface area contributed by atoms with E-state index in [1.54, 1.807) is 19.1 Å². The smallest absolute Gasteiger partial charge is 0.354 e. The van der Waals surface area contributed by atoms with Gasteiger partial charge in [-0.3, -0.25) is 0 Å². The number of esters is 2. The monoisotopic (exact) mass is 369 g/mol. The normalized spacial score (nSPS) is 16.6. The minimum Gasteiger partial charge on any atom is -0.478 e. The zero-order chi connectivity index (χ0) is 16.3. The van der Waals surface area contributed by atoms with Crippen LogP contribution in [0, 0.1) is 0 Å². The van der Waals surface area contributed by atoms with Crippen LogP contribution in [0.5, 0.6) is 0 Å². The topological polar surface area (TPSA) is 73.9 Å². The minimum absolute atomic E-state index is 0.00956. The highest BCUT2D eigenvalue weighted by Gasteiger charge is 2.41. The number of anilines is 1. The molecule has 1 aliphatic rings. The second-order valence-electron chi connectivity index (χ2n) is 4.95. The van der Waals surface area contributed by atoms with Gasteiger partial charge in [0.05, 0.1) is 6.61 Å². The predicted molar refractivity (Wildman–Crippen MR) is 82.7 cm³/mol. The van der Waals surface area contributed by atoms with E-state index in [2.05, 4.69) is 21.2 Å². The van der Waals surface area contributed by atoms with E-state index in [0.29, 0.717) is 5.69 Å². The second kappa shape index (κ2) is 6.39. The Morgan fingerprint density at radius 1 is 1.18 bits per heavy atom. The van der Waals surface area contributed by atoms with Gasteiger partial charge in [0, 0.05) is 24.0 Å². The highest BCUT2D eigenvalue weighted by molar-refractivity contribution is 9.10. The summed E-state index contributed by atoms with van der Waals surface area (Å²) in [5.41, 5.74) is 0.369. The van der Waals surface area contributed by atoms with Crippen molar-refractivity contribution < 1.29 is 23.8 Å². The Bertz CT molecular complexity index is 599. The van der Waals surface area contributed by atoms with Gasteiger partial charge in [-0.05, 0) is 31.2 Å². The average molecular weight is 370 g/mol. The zero-order valence-corrected chi connectivity index (χ0v) is 14.0. The third kappa shape index (κ3) is 3.79. The Kier molecular flexibility index (Phi) is 4.75. The molecule has 1 saturated heterocycles. The molecule has 0 atom stereocenters. The molecular weight excluding hydrogens is 354 g/mol. The maximum atomic E-state index is 12.1. The van der Waals surface area contributed by atoms with Crippen LogP contribution in [-0.4, -0.2) is 24.3 Å². The SMILES string of the molecule is CCOC(Nc1ccc(Br)cc1)=C1C(=O)OC(C)(C)OC1=O. The first kappa shape index (κ1) is 16.4. The van der Waals surface area contributed by atoms with Crippen molar-refractivity contribution in [1.29, 1.82) is 0 Å². The van der Waals surface area contributed by atoms with E-state index in [0.717, 1.165) is 4.47 Å². The molecule has 1 N–H and O–H groups in total. The van der Waals surface area contributed by atoms with Crippen molar-refractivity contribution in [1.82, 2.24) is 0 Å². The number of carbonyl (C=O) groups is 2. The van der Waals surface area contributed by atoms with Gasteiger partial charge in [-0.2, -0.15) is 0 Å². The summed E-state index contributed by atoms with van der Waals surface area (Å²) in [6.45, 7) is 4.99. The van der Waals surface area contributed by atoms with Gasteiger partial charge in [0.1, 0.15) is 0 Å². The second-order valence-corrected chi connectivity index (χ2v) is 5.86. The summed E-state index contributed by atoms with van der Waals surface area (Å²) in [6, 6.07) is 7.18. The van der Waals surface area contributed by atoms with Gasteiger partial charge < -0.3 is 19.5 Å². The molecular formula is C15H16BrNO5. The fraction of sp³-hybridized carbons (Fsp3) is 0.333. The molecule has 0 spiro atoms. The first-order valence-electron chi connectivity index (χ1n) is 6.69. The molecule has 1 aliphatic heterocycles. The Labute approximate surface area is 136 Å². The van der Waals surface area contributed by atoms with Crippen LogP contribution < -0.4 is 5.32 Å². The molecule has 0 aliphatic carbocycles. The zero-order valence-electron chi connectivity index (χ0n) is 12.4. The van der Waals surface area contributed by atoms with Crippen LogP contribution in [0.3, 0.4) is 0 Å². The van der Waals surface area contributed by atoms with Gasteiger partial charge in [0.15, 0.2) is 0 Å². The summed E-state index contributed by atoms with van der Waals surface area (Å²) in [5.74, 6) is -2.84. The number of nitrogens with one attached hydrogen (secondary N) is 1. The molecule has 0 unspecified atom stereocenters. The fourth-order valence-electron chi connectivity index (χ4n) is 1.82. The number of hydrogen-bond donors (Lipinski definition) is 1. The summed E-state index contributed by atoms with van der Waals surface area (Å²) in [7, 11) is 0. The standard InChI is InChI=1S/C15H16BrNO5/c1-4-20-12(17-10-7-5-9(16)6-8-10)11-13(18)21-15(2,3)22-14(11)19/h5-8,17H,4H2,1-3H3. The Morgan fingerprint density at radius 3 is 2.23 bits per heavy atom. The maximum absolute atomic E-state index is 12.1. The van der Waals surface area contributed by atoms with E-state index in [1.807, 2.05) is 12.1 Å². The molecule has 1 aromatic carbocycles. The highest BCUT2D eigenvalue weighted by atomic mass is 79.9. The van der Waals surface area contributed by atoms with Gasteiger partial charge in [-0.15, -0.1) is 0 Å². The van der Waals surface area contributed by atoms with Crippen molar-refractivity contribution in [2.45, 2.75) is 26.6 Å². The van der Waals surface area contributed by atoms with E-state index in [-0.39, 0.29) is 18.1 Å². The lowest BCUT2D eigenvalue weighted by molar-refractivity contribution is -0.222. The molecule has 0 radical (unpaired) electrons. The minimum atomic E-state index is -1.29. The molecule has 0 aromatic heterocycles. The lowest BCUT2D eigenvalue weighted by Gasteiger charge is -2.30. The van der Waals surface area contributed by atoms with Gasteiger partial charge in [0.25, 0.3) is 5.79 Å². The largest absolute Gasteiger partial charge is 0.478 e. The van der Waals surface area contributed by atoms with E-state index in [9.17, 15) is 9.59 Å². The summed E-state index contributed by atoms with van der Waals surface area (Å²) in [6.07, 6.45) is 0. The molecule has 22 heavy (non-hydrogen) atoms. The van der Waals surface area contributed by atoms with Crippen LogP contribution in [0.25, 0.3) is 0 Å². The van der Waals surface area contributed by atoms with Crippen LogP contribution >= 0.6 is 15.9 Å². The Hall–Kier alpha value is -2.02. The third-order valence-electron chi connectivity index (χ3n) is 2.70. The number of hydrogen-bond acceptors (Lipinski definition) is 6. The number of carbonyl (C=O) groups excluding carboxylic acids is 2. The Balaban J connectivity index is 2.34. The molecule has 1 fully saturated rings. The average Bonchev–Trinajstić information content (AvgIpc) is 2.39. The first-order chi connectivity index (χ1) is 10.3. The van der Waals surface area contributed by atoms with Crippen molar-refractivity contribution in [2.24, 2.45) is 0 Å². The van der Waals surface area contributed by atoms with Crippen molar-refractivity contribution in [3.8, 4) is 0 Å². The fourth-order valence-corrected chi connectivity index (χ4v) is 2.08. The lowest BCUT2D eigenvalue weighted by Crippen LogP contribution is -2.43. The van der Waals surface area contributed by atoms with Crippen LogP contribution in [-0.2, 0) is 23.8 Å². The first-order valence-corrected chi connectivity index (χ1v) is 7.48. The number of cyclic esters (lactones) is 2. The van der Waals surface area contributed by atoms with Gasteiger partial charge in [0.2, 0.25) is 11.5 Å². The van der Waals surface area contributed by atoms with Crippen molar-refractivity contribution in [3.05, 3.63) is 40.2 Å². The van der Waals surface area contributed by atoms with Crippen molar-refractivity contribution >= 4 is 33.6 Å².